The third-order valence-corrected chi connectivity index (χ3v) is 6.61. The summed E-state index contributed by atoms with van der Waals surface area (Å²) in [5.74, 6) is 2.10. The van der Waals surface area contributed by atoms with Crippen LogP contribution < -0.4 is 14.8 Å². The molecule has 1 fully saturated rings. The van der Waals surface area contributed by atoms with Crippen LogP contribution in [0.1, 0.15) is 12.8 Å². The van der Waals surface area contributed by atoms with Crippen molar-refractivity contribution < 1.29 is 19.0 Å². The summed E-state index contributed by atoms with van der Waals surface area (Å²) in [4.78, 5) is 12.6. The third-order valence-electron chi connectivity index (χ3n) is 5.39. The second kappa shape index (κ2) is 10.0. The monoisotopic (exact) mass is 486 g/mol. The van der Waals surface area contributed by atoms with Crippen LogP contribution in [0.2, 0.25) is 5.02 Å². The molecule has 3 aromatic rings. The second-order valence-electron chi connectivity index (χ2n) is 7.75. The maximum absolute atomic E-state index is 12.6. The quantitative estimate of drug-likeness (QED) is 0.499. The summed E-state index contributed by atoms with van der Waals surface area (Å²) in [6.45, 7) is 2.43. The highest BCUT2D eigenvalue weighted by Gasteiger charge is 2.22. The zero-order chi connectivity index (χ0) is 22.6. The predicted molar refractivity (Wildman–Crippen MR) is 126 cm³/mol. The Labute approximate surface area is 200 Å². The van der Waals surface area contributed by atoms with E-state index in [4.69, 9.17) is 25.8 Å². The molecule has 8 nitrogen and oxygen atoms in total. The lowest BCUT2D eigenvalue weighted by atomic mass is 10.2. The van der Waals surface area contributed by atoms with Gasteiger partial charge in [0.2, 0.25) is 5.91 Å². The maximum atomic E-state index is 12.6. The first-order valence-corrected chi connectivity index (χ1v) is 12.1. The van der Waals surface area contributed by atoms with Crippen molar-refractivity contribution >= 4 is 35.0 Å². The molecule has 5 rings (SSSR count). The molecule has 10 heteroatoms. The van der Waals surface area contributed by atoms with Gasteiger partial charge in [0.15, 0.2) is 22.5 Å². The van der Waals surface area contributed by atoms with Gasteiger partial charge in [-0.1, -0.05) is 23.4 Å². The Kier molecular flexibility index (Phi) is 6.70. The maximum Gasteiger partial charge on any atom is 0.234 e. The minimum Gasteiger partial charge on any atom is -0.486 e. The molecule has 0 saturated carbocycles. The fourth-order valence-electron chi connectivity index (χ4n) is 3.81. The number of aromatic nitrogens is 3. The summed E-state index contributed by atoms with van der Waals surface area (Å²) < 4.78 is 19.0. The molecular formula is C23H23ClN4O4S. The van der Waals surface area contributed by atoms with Crippen molar-refractivity contribution in [1.29, 1.82) is 0 Å². The van der Waals surface area contributed by atoms with Crippen molar-refractivity contribution in [1.82, 2.24) is 14.8 Å². The van der Waals surface area contributed by atoms with E-state index in [1.807, 2.05) is 28.8 Å². The summed E-state index contributed by atoms with van der Waals surface area (Å²) in [6.07, 6.45) is 2.15. The van der Waals surface area contributed by atoms with Crippen LogP contribution in [0, 0.1) is 0 Å². The number of hydrogen-bond donors (Lipinski definition) is 1. The smallest absolute Gasteiger partial charge is 0.234 e. The van der Waals surface area contributed by atoms with Crippen LogP contribution in [0.25, 0.3) is 11.4 Å². The molecule has 0 aliphatic carbocycles. The molecule has 1 N–H and O–H groups in total. The summed E-state index contributed by atoms with van der Waals surface area (Å²) >= 11 is 7.39. The van der Waals surface area contributed by atoms with Crippen molar-refractivity contribution in [3.63, 3.8) is 0 Å². The van der Waals surface area contributed by atoms with Crippen LogP contribution in [-0.2, 0) is 16.1 Å². The highest BCUT2D eigenvalue weighted by Crippen LogP contribution is 2.33. The lowest BCUT2D eigenvalue weighted by Crippen LogP contribution is -2.18. The van der Waals surface area contributed by atoms with Gasteiger partial charge in [-0.25, -0.2) is 0 Å². The molecule has 2 aliphatic heterocycles. The second-order valence-corrected chi connectivity index (χ2v) is 9.13. The van der Waals surface area contributed by atoms with Gasteiger partial charge in [0.05, 0.1) is 18.4 Å². The molecular weight excluding hydrogens is 464 g/mol. The van der Waals surface area contributed by atoms with Crippen LogP contribution in [-0.4, -0.2) is 52.3 Å². The molecule has 1 aromatic heterocycles. The highest BCUT2D eigenvalue weighted by molar-refractivity contribution is 7.99. The van der Waals surface area contributed by atoms with Gasteiger partial charge in [0.1, 0.15) is 13.2 Å². The molecule has 2 aromatic carbocycles. The Morgan fingerprint density at radius 1 is 1.09 bits per heavy atom. The number of amides is 1. The largest absolute Gasteiger partial charge is 0.486 e. The molecule has 0 radical (unpaired) electrons. The van der Waals surface area contributed by atoms with Crippen LogP contribution in [0.15, 0.2) is 47.6 Å². The number of carbonyl (C=O) groups excluding carboxylic acids is 1. The molecule has 1 amide bonds. The molecule has 3 heterocycles. The number of anilines is 1. The van der Waals surface area contributed by atoms with Gasteiger partial charge in [-0.2, -0.15) is 0 Å². The summed E-state index contributed by atoms with van der Waals surface area (Å²) in [7, 11) is 0. The number of thioether (sulfide) groups is 1. The fraction of sp³-hybridized carbons (Fsp3) is 0.348. The van der Waals surface area contributed by atoms with E-state index in [0.29, 0.717) is 47.1 Å². The van der Waals surface area contributed by atoms with E-state index in [1.54, 1.807) is 18.2 Å². The number of benzene rings is 2. The first-order valence-electron chi connectivity index (χ1n) is 10.8. The summed E-state index contributed by atoms with van der Waals surface area (Å²) in [6, 6.07) is 12.9. The topological polar surface area (TPSA) is 87.5 Å². The molecule has 172 valence electrons. The fourth-order valence-corrected chi connectivity index (χ4v) is 4.69. The van der Waals surface area contributed by atoms with Crippen LogP contribution in [0.5, 0.6) is 11.5 Å². The van der Waals surface area contributed by atoms with Crippen LogP contribution in [0.4, 0.5) is 5.69 Å². The minimum absolute atomic E-state index is 0.109. The number of halogens is 1. The highest BCUT2D eigenvalue weighted by atomic mass is 35.5. The SMILES string of the molecule is O=C(CSc1nnc(-c2ccc(Cl)cc2)n1C[C@H]1CCCO1)Nc1ccc2c(c1)OCCO2. The Bertz CT molecular complexity index is 1130. The molecule has 2 aliphatic rings. The van der Waals surface area contributed by atoms with Gasteiger partial charge >= 0.3 is 0 Å². The van der Waals surface area contributed by atoms with Crippen LogP contribution >= 0.6 is 23.4 Å². The van der Waals surface area contributed by atoms with Crippen molar-refractivity contribution in [3.8, 4) is 22.9 Å². The van der Waals surface area contributed by atoms with Crippen molar-refractivity contribution in [3.05, 3.63) is 47.5 Å². The molecule has 1 atom stereocenters. The molecule has 0 spiro atoms. The molecule has 33 heavy (non-hydrogen) atoms. The normalized spacial score (nSPS) is 17.2. The number of rotatable bonds is 7. The van der Waals surface area contributed by atoms with E-state index >= 15 is 0 Å². The molecule has 0 unspecified atom stereocenters. The number of ether oxygens (including phenoxy) is 3. The van der Waals surface area contributed by atoms with Gasteiger partial charge in [-0.05, 0) is 49.2 Å². The van der Waals surface area contributed by atoms with E-state index in [-0.39, 0.29) is 17.8 Å². The number of carbonyl (C=O) groups is 1. The predicted octanol–water partition coefficient (Wildman–Crippen LogP) is 4.28. The molecule has 1 saturated heterocycles. The van der Waals surface area contributed by atoms with E-state index in [9.17, 15) is 4.79 Å². The lowest BCUT2D eigenvalue weighted by molar-refractivity contribution is -0.113. The zero-order valence-corrected chi connectivity index (χ0v) is 19.4. The third kappa shape index (κ3) is 5.26. The van der Waals surface area contributed by atoms with Gasteiger partial charge in [-0.15, -0.1) is 10.2 Å². The Hall–Kier alpha value is -2.75. The average Bonchev–Trinajstić information content (AvgIpc) is 3.49. The number of fused-ring (bicyclic) bond motifs is 1. The minimum atomic E-state index is -0.142. The standard InChI is InChI=1S/C23H23ClN4O4S/c24-16-5-3-15(4-6-16)22-26-27-23(28(22)13-18-2-1-9-30-18)33-14-21(29)25-17-7-8-19-20(12-17)32-11-10-31-19/h3-8,12,18H,1-2,9-11,13-14H2,(H,25,29)/t18-/m1/s1. The number of nitrogens with one attached hydrogen (secondary N) is 1. The van der Waals surface area contributed by atoms with Crippen molar-refractivity contribution in [2.75, 3.05) is 30.9 Å². The first-order chi connectivity index (χ1) is 16.2. The van der Waals surface area contributed by atoms with Crippen LogP contribution in [0.3, 0.4) is 0 Å². The van der Waals surface area contributed by atoms with Gasteiger partial charge in [-0.3, -0.25) is 9.36 Å². The number of nitrogens with zero attached hydrogens (tertiary/aromatic N) is 3. The van der Waals surface area contributed by atoms with Gasteiger partial charge in [0.25, 0.3) is 0 Å². The van der Waals surface area contributed by atoms with E-state index in [1.165, 1.54) is 11.8 Å². The van der Waals surface area contributed by atoms with Crippen molar-refractivity contribution in [2.45, 2.75) is 30.6 Å². The van der Waals surface area contributed by atoms with E-state index in [0.717, 1.165) is 30.8 Å². The number of hydrogen-bond acceptors (Lipinski definition) is 7. The first kappa shape index (κ1) is 22.1. The van der Waals surface area contributed by atoms with Crippen molar-refractivity contribution in [2.24, 2.45) is 0 Å². The zero-order valence-electron chi connectivity index (χ0n) is 17.8. The van der Waals surface area contributed by atoms with Gasteiger partial charge < -0.3 is 19.5 Å². The Morgan fingerprint density at radius 2 is 1.91 bits per heavy atom. The average molecular weight is 487 g/mol. The molecule has 0 bridgehead atoms. The Balaban J connectivity index is 1.29. The Morgan fingerprint density at radius 3 is 2.70 bits per heavy atom. The summed E-state index contributed by atoms with van der Waals surface area (Å²) in [5, 5.41) is 13.0. The van der Waals surface area contributed by atoms with E-state index < -0.39 is 0 Å². The van der Waals surface area contributed by atoms with Gasteiger partial charge in [0, 0.05) is 28.9 Å². The summed E-state index contributed by atoms with van der Waals surface area (Å²) in [5.41, 5.74) is 1.57. The lowest BCUT2D eigenvalue weighted by Gasteiger charge is -2.19. The van der Waals surface area contributed by atoms with E-state index in [2.05, 4.69) is 15.5 Å².